The van der Waals surface area contributed by atoms with Crippen LogP contribution in [0.4, 0.5) is 0 Å². The maximum Gasteiger partial charge on any atom is 0.135 e. The Hall–Kier alpha value is -7.30. The van der Waals surface area contributed by atoms with Gasteiger partial charge in [-0.05, 0) is 90.0 Å². The zero-order chi connectivity index (χ0) is 35.3. The van der Waals surface area contributed by atoms with Crippen molar-refractivity contribution in [2.45, 2.75) is 0 Å². The molecule has 0 saturated heterocycles. The third-order valence-electron chi connectivity index (χ3n) is 11.2. The number of benzene rings is 8. The maximum absolute atomic E-state index is 6.26. The number of hydrogen-bond acceptors (Lipinski definition) is 1. The summed E-state index contributed by atoms with van der Waals surface area (Å²) in [6.07, 6.45) is 0. The number of nitrogens with zero attached hydrogens (tertiary/aromatic N) is 3. The van der Waals surface area contributed by atoms with E-state index in [1.807, 2.05) is 12.1 Å². The molecule has 12 aromatic rings. The molecule has 8 aromatic carbocycles. The van der Waals surface area contributed by atoms with Crippen molar-refractivity contribution in [3.05, 3.63) is 188 Å². The van der Waals surface area contributed by atoms with Gasteiger partial charge in [0.15, 0.2) is 0 Å². The van der Waals surface area contributed by atoms with E-state index in [1.54, 1.807) is 0 Å². The topological polar surface area (TPSA) is 27.9 Å². The number of furan rings is 1. The highest BCUT2D eigenvalue weighted by atomic mass is 16.3. The SMILES string of the molecule is c1ccc(-c2ccc3c(c2)c2ccccc2n3-c2ccc3c(c2)c2c4ccccc4n(-c4ccc5oc6ccccc6c5c4)c2n3-c2ccccc2)cc1. The van der Waals surface area contributed by atoms with Crippen molar-refractivity contribution < 1.29 is 4.42 Å². The van der Waals surface area contributed by atoms with E-state index in [2.05, 4.69) is 190 Å². The molecule has 0 aliphatic rings. The Kier molecular flexibility index (Phi) is 6.02. The Labute approximate surface area is 309 Å². The number of para-hydroxylation sites is 4. The zero-order valence-electron chi connectivity index (χ0n) is 29.1. The molecule has 0 aliphatic heterocycles. The molecular weight excluding hydrogens is 659 g/mol. The summed E-state index contributed by atoms with van der Waals surface area (Å²) < 4.78 is 13.6. The molecule has 54 heavy (non-hydrogen) atoms. The maximum atomic E-state index is 6.26. The molecule has 0 amide bonds. The molecule has 4 heteroatoms. The van der Waals surface area contributed by atoms with Crippen LogP contribution in [0.25, 0.3) is 105 Å². The van der Waals surface area contributed by atoms with Crippen molar-refractivity contribution in [2.24, 2.45) is 0 Å². The quantitative estimate of drug-likeness (QED) is 0.181. The van der Waals surface area contributed by atoms with Crippen LogP contribution in [-0.4, -0.2) is 13.7 Å². The van der Waals surface area contributed by atoms with E-state index in [4.69, 9.17) is 4.42 Å². The summed E-state index contributed by atoms with van der Waals surface area (Å²) in [7, 11) is 0. The van der Waals surface area contributed by atoms with Crippen LogP contribution >= 0.6 is 0 Å². The van der Waals surface area contributed by atoms with Gasteiger partial charge in [-0.2, -0.15) is 0 Å². The lowest BCUT2D eigenvalue weighted by Gasteiger charge is -2.14. The number of hydrogen-bond donors (Lipinski definition) is 0. The van der Waals surface area contributed by atoms with Gasteiger partial charge >= 0.3 is 0 Å². The molecule has 0 atom stereocenters. The average molecular weight is 690 g/mol. The number of rotatable bonds is 4. The van der Waals surface area contributed by atoms with Crippen LogP contribution in [0.1, 0.15) is 0 Å². The minimum absolute atomic E-state index is 0.892. The average Bonchev–Trinajstić information content (AvgIpc) is 3.97. The third kappa shape index (κ3) is 4.08. The van der Waals surface area contributed by atoms with E-state index in [0.29, 0.717) is 0 Å². The van der Waals surface area contributed by atoms with Crippen LogP contribution in [0.15, 0.2) is 192 Å². The van der Waals surface area contributed by atoms with Gasteiger partial charge in [0.25, 0.3) is 0 Å². The van der Waals surface area contributed by atoms with Crippen molar-refractivity contribution in [3.8, 4) is 28.2 Å². The minimum Gasteiger partial charge on any atom is -0.456 e. The van der Waals surface area contributed by atoms with Gasteiger partial charge in [0.1, 0.15) is 16.8 Å². The minimum atomic E-state index is 0.892. The van der Waals surface area contributed by atoms with Crippen LogP contribution in [0.2, 0.25) is 0 Å². The number of aromatic nitrogens is 3. The lowest BCUT2D eigenvalue weighted by atomic mass is 10.0. The second-order valence-corrected chi connectivity index (χ2v) is 14.2. The van der Waals surface area contributed by atoms with Gasteiger partial charge in [0.05, 0.1) is 22.1 Å². The highest BCUT2D eigenvalue weighted by Crippen LogP contribution is 2.43. The van der Waals surface area contributed by atoms with E-state index < -0.39 is 0 Å². The smallest absolute Gasteiger partial charge is 0.135 e. The second-order valence-electron chi connectivity index (χ2n) is 14.2. The molecule has 0 aliphatic carbocycles. The van der Waals surface area contributed by atoms with E-state index in [9.17, 15) is 0 Å². The molecule has 12 rings (SSSR count). The monoisotopic (exact) mass is 689 g/mol. The van der Waals surface area contributed by atoms with Crippen LogP contribution in [0.3, 0.4) is 0 Å². The summed E-state index contributed by atoms with van der Waals surface area (Å²) in [5, 5.41) is 8.39. The molecule has 4 aromatic heterocycles. The Bertz CT molecular complexity index is 3430. The van der Waals surface area contributed by atoms with Gasteiger partial charge in [-0.15, -0.1) is 0 Å². The van der Waals surface area contributed by atoms with Crippen molar-refractivity contribution in [1.82, 2.24) is 13.7 Å². The summed E-state index contributed by atoms with van der Waals surface area (Å²) in [6.45, 7) is 0. The number of fused-ring (bicyclic) bond motifs is 11. The summed E-state index contributed by atoms with van der Waals surface area (Å²) in [4.78, 5) is 0. The Balaban J connectivity index is 1.17. The van der Waals surface area contributed by atoms with Gasteiger partial charge in [-0.25, -0.2) is 0 Å². The van der Waals surface area contributed by atoms with E-state index in [1.165, 1.54) is 49.1 Å². The van der Waals surface area contributed by atoms with Crippen molar-refractivity contribution in [3.63, 3.8) is 0 Å². The summed E-state index contributed by atoms with van der Waals surface area (Å²) in [5.41, 5.74) is 13.4. The predicted octanol–water partition coefficient (Wildman–Crippen LogP) is 13.4. The first-order valence-electron chi connectivity index (χ1n) is 18.4. The fourth-order valence-corrected chi connectivity index (χ4v) is 8.89. The molecule has 4 nitrogen and oxygen atoms in total. The zero-order valence-corrected chi connectivity index (χ0v) is 29.1. The molecule has 252 valence electrons. The molecule has 4 heterocycles. The van der Waals surface area contributed by atoms with Gasteiger partial charge in [-0.3, -0.25) is 9.13 Å². The largest absolute Gasteiger partial charge is 0.456 e. The van der Waals surface area contributed by atoms with E-state index in [-0.39, 0.29) is 0 Å². The summed E-state index contributed by atoms with van der Waals surface area (Å²) in [6, 6.07) is 67.8. The third-order valence-corrected chi connectivity index (χ3v) is 11.2. The van der Waals surface area contributed by atoms with Crippen LogP contribution in [0.5, 0.6) is 0 Å². The fraction of sp³-hybridized carbons (Fsp3) is 0. The molecular formula is C50H31N3O. The van der Waals surface area contributed by atoms with Crippen LogP contribution in [-0.2, 0) is 0 Å². The molecule has 0 fully saturated rings. The Morgan fingerprint density at radius 2 is 0.852 bits per heavy atom. The fourth-order valence-electron chi connectivity index (χ4n) is 8.89. The van der Waals surface area contributed by atoms with Gasteiger partial charge in [0.2, 0.25) is 0 Å². The molecule has 0 spiro atoms. The van der Waals surface area contributed by atoms with Gasteiger partial charge < -0.3 is 8.98 Å². The molecule has 0 bridgehead atoms. The molecule has 0 saturated carbocycles. The van der Waals surface area contributed by atoms with Gasteiger partial charge in [-0.1, -0.05) is 109 Å². The molecule has 0 unspecified atom stereocenters. The lowest BCUT2D eigenvalue weighted by molar-refractivity contribution is 0.669. The first-order chi connectivity index (χ1) is 26.8. The predicted molar refractivity (Wildman–Crippen MR) is 225 cm³/mol. The van der Waals surface area contributed by atoms with E-state index >= 15 is 0 Å². The molecule has 0 radical (unpaired) electrons. The van der Waals surface area contributed by atoms with Gasteiger partial charge in [0, 0.05) is 54.8 Å². The van der Waals surface area contributed by atoms with E-state index in [0.717, 1.165) is 55.7 Å². The standard InChI is InChI=1S/C50H31N3O/c1-3-13-32(14-4-1)33-23-26-45-40(29-33)37-17-7-10-20-43(37)51(45)35-24-27-46-42(31-35)49-39-19-8-11-21-44(39)53(50(49)52(46)34-15-5-2-6-16-34)36-25-28-48-41(30-36)38-18-9-12-22-47(38)54-48/h1-31H. The highest BCUT2D eigenvalue weighted by molar-refractivity contribution is 6.23. The summed E-state index contributed by atoms with van der Waals surface area (Å²) in [5.74, 6) is 0. The lowest BCUT2D eigenvalue weighted by Crippen LogP contribution is -2.01. The first kappa shape index (κ1) is 29.3. The van der Waals surface area contributed by atoms with Crippen molar-refractivity contribution in [2.75, 3.05) is 0 Å². The highest BCUT2D eigenvalue weighted by Gasteiger charge is 2.24. The van der Waals surface area contributed by atoms with Crippen LogP contribution < -0.4 is 0 Å². The Morgan fingerprint density at radius 3 is 1.69 bits per heavy atom. The van der Waals surface area contributed by atoms with Crippen LogP contribution in [0, 0.1) is 0 Å². The first-order valence-corrected chi connectivity index (χ1v) is 18.4. The van der Waals surface area contributed by atoms with Crippen molar-refractivity contribution >= 4 is 76.6 Å². The summed E-state index contributed by atoms with van der Waals surface area (Å²) >= 11 is 0. The second kappa shape index (κ2) is 11.1. The van der Waals surface area contributed by atoms with Crippen molar-refractivity contribution in [1.29, 1.82) is 0 Å². The Morgan fingerprint density at radius 1 is 0.296 bits per heavy atom. The normalized spacial score (nSPS) is 12.1. The molecule has 0 N–H and O–H groups in total.